The SMILES string of the molecule is COc1ccc(NC(=O)C(c2cccc(O)c2)N(C(=O)C(CCC(N)=O)NC(=O)OC(C)(C)C)C(C)(C)C)cc1. The molecule has 0 saturated carbocycles. The zero-order chi connectivity index (χ0) is 30.3. The summed E-state index contributed by atoms with van der Waals surface area (Å²) in [5, 5.41) is 15.6. The lowest BCUT2D eigenvalue weighted by Crippen LogP contribution is -2.58. The number of aromatic hydroxyl groups is 1. The molecule has 0 fully saturated rings. The van der Waals surface area contributed by atoms with Crippen LogP contribution in [-0.4, -0.2) is 58.1 Å². The fraction of sp³-hybridized carbons (Fsp3) is 0.448. The van der Waals surface area contributed by atoms with Crippen molar-refractivity contribution in [2.45, 2.75) is 77.6 Å². The molecule has 4 amide bonds. The van der Waals surface area contributed by atoms with Crippen molar-refractivity contribution in [3.63, 3.8) is 0 Å². The molecule has 2 unspecified atom stereocenters. The summed E-state index contributed by atoms with van der Waals surface area (Å²) in [6.07, 6.45) is -1.17. The number of nitrogens with two attached hydrogens (primary N) is 1. The van der Waals surface area contributed by atoms with Crippen molar-refractivity contribution in [1.82, 2.24) is 10.2 Å². The number of amides is 4. The topological polar surface area (TPSA) is 160 Å². The Labute approximate surface area is 235 Å². The molecule has 5 N–H and O–H groups in total. The molecule has 0 aromatic heterocycles. The molecular weight excluding hydrogens is 516 g/mol. The minimum Gasteiger partial charge on any atom is -0.508 e. The number of methoxy groups -OCH3 is 1. The number of carbonyl (C=O) groups is 4. The van der Waals surface area contributed by atoms with E-state index >= 15 is 0 Å². The second-order valence-corrected chi connectivity index (χ2v) is 11.3. The summed E-state index contributed by atoms with van der Waals surface area (Å²) >= 11 is 0. The number of phenols is 1. The van der Waals surface area contributed by atoms with E-state index < -0.39 is 47.0 Å². The summed E-state index contributed by atoms with van der Waals surface area (Å²) in [7, 11) is 1.53. The van der Waals surface area contributed by atoms with E-state index in [1.54, 1.807) is 77.9 Å². The highest BCUT2D eigenvalue weighted by Crippen LogP contribution is 2.33. The van der Waals surface area contributed by atoms with Crippen molar-refractivity contribution in [2.75, 3.05) is 12.4 Å². The van der Waals surface area contributed by atoms with E-state index in [1.807, 2.05) is 0 Å². The van der Waals surface area contributed by atoms with E-state index in [-0.39, 0.29) is 18.6 Å². The number of anilines is 1. The number of alkyl carbamates (subject to hydrolysis) is 1. The summed E-state index contributed by atoms with van der Waals surface area (Å²) in [6.45, 7) is 10.2. The van der Waals surface area contributed by atoms with E-state index in [1.165, 1.54) is 24.1 Å². The Bertz CT molecular complexity index is 1200. The Morgan fingerprint density at radius 2 is 1.62 bits per heavy atom. The van der Waals surface area contributed by atoms with Crippen LogP contribution in [0.2, 0.25) is 0 Å². The van der Waals surface area contributed by atoms with E-state index in [2.05, 4.69) is 10.6 Å². The zero-order valence-electron chi connectivity index (χ0n) is 24.1. The van der Waals surface area contributed by atoms with Gasteiger partial charge in [-0.15, -0.1) is 0 Å². The summed E-state index contributed by atoms with van der Waals surface area (Å²) in [5.74, 6) is -1.37. The predicted molar refractivity (Wildman–Crippen MR) is 151 cm³/mol. The number of rotatable bonds is 10. The maximum atomic E-state index is 14.2. The van der Waals surface area contributed by atoms with Crippen LogP contribution in [0.1, 0.15) is 66.0 Å². The van der Waals surface area contributed by atoms with Crippen LogP contribution in [-0.2, 0) is 19.1 Å². The molecule has 11 heteroatoms. The first-order valence-electron chi connectivity index (χ1n) is 12.9. The molecule has 2 aromatic carbocycles. The monoisotopic (exact) mass is 556 g/mol. The van der Waals surface area contributed by atoms with Crippen molar-refractivity contribution < 1.29 is 33.8 Å². The quantitative estimate of drug-likeness (QED) is 0.345. The van der Waals surface area contributed by atoms with Gasteiger partial charge in [0, 0.05) is 17.6 Å². The molecule has 0 spiro atoms. The zero-order valence-corrected chi connectivity index (χ0v) is 24.1. The minimum absolute atomic E-state index is 0.0989. The van der Waals surface area contributed by atoms with Crippen LogP contribution < -0.4 is 21.1 Å². The number of nitrogens with zero attached hydrogens (tertiary/aromatic N) is 1. The number of phenolic OH excluding ortho intramolecular Hbond substituents is 1. The highest BCUT2D eigenvalue weighted by atomic mass is 16.6. The molecule has 0 saturated heterocycles. The van der Waals surface area contributed by atoms with Crippen molar-refractivity contribution in [3.05, 3.63) is 54.1 Å². The predicted octanol–water partition coefficient (Wildman–Crippen LogP) is 3.87. The van der Waals surface area contributed by atoms with Gasteiger partial charge in [0.2, 0.25) is 11.8 Å². The lowest BCUT2D eigenvalue weighted by molar-refractivity contribution is -0.147. The fourth-order valence-electron chi connectivity index (χ4n) is 4.00. The summed E-state index contributed by atoms with van der Waals surface area (Å²) in [4.78, 5) is 53.6. The molecule has 0 aliphatic rings. The molecule has 0 aliphatic heterocycles. The number of nitrogens with one attached hydrogen (secondary N) is 2. The number of benzene rings is 2. The highest BCUT2D eigenvalue weighted by molar-refractivity contribution is 5.99. The number of carbonyl (C=O) groups excluding carboxylic acids is 4. The molecule has 0 radical (unpaired) electrons. The van der Waals surface area contributed by atoms with Crippen LogP contribution in [0, 0.1) is 0 Å². The molecule has 2 rings (SSSR count). The number of hydrogen-bond acceptors (Lipinski definition) is 7. The molecule has 218 valence electrons. The smallest absolute Gasteiger partial charge is 0.408 e. The Kier molecular flexibility index (Phi) is 10.5. The van der Waals surface area contributed by atoms with Crippen LogP contribution in [0.3, 0.4) is 0 Å². The Hall–Kier alpha value is -4.28. The second kappa shape index (κ2) is 13.2. The van der Waals surface area contributed by atoms with Crippen LogP contribution in [0.4, 0.5) is 10.5 Å². The average Bonchev–Trinajstić information content (AvgIpc) is 2.83. The molecule has 2 aromatic rings. The first-order valence-corrected chi connectivity index (χ1v) is 12.9. The number of primary amides is 1. The average molecular weight is 557 g/mol. The van der Waals surface area contributed by atoms with Crippen LogP contribution >= 0.6 is 0 Å². The van der Waals surface area contributed by atoms with Crippen LogP contribution in [0.5, 0.6) is 11.5 Å². The third-order valence-corrected chi connectivity index (χ3v) is 5.68. The summed E-state index contributed by atoms with van der Waals surface area (Å²) < 4.78 is 10.5. The van der Waals surface area contributed by atoms with E-state index in [4.69, 9.17) is 15.2 Å². The molecule has 2 atom stereocenters. The van der Waals surface area contributed by atoms with Crippen molar-refractivity contribution >= 4 is 29.5 Å². The fourth-order valence-corrected chi connectivity index (χ4v) is 4.00. The van der Waals surface area contributed by atoms with Crippen molar-refractivity contribution in [1.29, 1.82) is 0 Å². The molecule has 0 heterocycles. The van der Waals surface area contributed by atoms with Gasteiger partial charge in [0.15, 0.2) is 0 Å². The Morgan fingerprint density at radius 3 is 2.12 bits per heavy atom. The lowest BCUT2D eigenvalue weighted by atomic mass is 9.94. The first kappa shape index (κ1) is 31.9. The van der Waals surface area contributed by atoms with Gasteiger partial charge in [-0.05, 0) is 89.9 Å². The third kappa shape index (κ3) is 9.48. The molecule has 11 nitrogen and oxygen atoms in total. The molecule has 40 heavy (non-hydrogen) atoms. The van der Waals surface area contributed by atoms with Gasteiger partial charge in [0.25, 0.3) is 5.91 Å². The van der Waals surface area contributed by atoms with Gasteiger partial charge in [-0.1, -0.05) is 12.1 Å². The maximum Gasteiger partial charge on any atom is 0.408 e. The van der Waals surface area contributed by atoms with Gasteiger partial charge >= 0.3 is 6.09 Å². The molecular formula is C29H40N4O7. The minimum atomic E-state index is -1.24. The normalized spacial score (nSPS) is 13.0. The van der Waals surface area contributed by atoms with Crippen molar-refractivity contribution in [2.24, 2.45) is 5.73 Å². The van der Waals surface area contributed by atoms with E-state index in [0.717, 1.165) is 0 Å². The van der Waals surface area contributed by atoms with Gasteiger partial charge in [-0.3, -0.25) is 14.4 Å². The van der Waals surface area contributed by atoms with Gasteiger partial charge in [-0.25, -0.2) is 4.79 Å². The molecule has 0 bridgehead atoms. The number of hydrogen-bond donors (Lipinski definition) is 4. The highest BCUT2D eigenvalue weighted by Gasteiger charge is 2.42. The number of ether oxygens (including phenoxy) is 2. The third-order valence-electron chi connectivity index (χ3n) is 5.68. The van der Waals surface area contributed by atoms with Gasteiger partial charge in [0.1, 0.15) is 29.2 Å². The Balaban J connectivity index is 2.57. The van der Waals surface area contributed by atoms with Crippen LogP contribution in [0.15, 0.2) is 48.5 Å². The largest absolute Gasteiger partial charge is 0.508 e. The maximum absolute atomic E-state index is 14.2. The van der Waals surface area contributed by atoms with Gasteiger partial charge in [0.05, 0.1) is 7.11 Å². The van der Waals surface area contributed by atoms with Gasteiger partial charge in [-0.2, -0.15) is 0 Å². The Morgan fingerprint density at radius 1 is 1.00 bits per heavy atom. The van der Waals surface area contributed by atoms with E-state index in [9.17, 15) is 24.3 Å². The van der Waals surface area contributed by atoms with Crippen molar-refractivity contribution in [3.8, 4) is 11.5 Å². The first-order chi connectivity index (χ1) is 18.5. The van der Waals surface area contributed by atoms with E-state index in [0.29, 0.717) is 17.0 Å². The van der Waals surface area contributed by atoms with Crippen LogP contribution in [0.25, 0.3) is 0 Å². The second-order valence-electron chi connectivity index (χ2n) is 11.3. The van der Waals surface area contributed by atoms with Gasteiger partial charge < -0.3 is 35.8 Å². The molecule has 0 aliphatic carbocycles. The summed E-state index contributed by atoms with van der Waals surface area (Å²) in [5.41, 5.74) is 4.33. The standard InChI is InChI=1S/C29H40N4O7/c1-28(2,3)33(26(37)22(15-16-23(30)35)32-27(38)40-29(4,5)6)24(18-9-8-10-20(34)17-18)25(36)31-19-11-13-21(39-7)14-12-19/h8-14,17,22,24,34H,15-16H2,1-7H3,(H2,30,35)(H,31,36)(H,32,38). The lowest BCUT2D eigenvalue weighted by Gasteiger charge is -2.43. The summed E-state index contributed by atoms with van der Waals surface area (Å²) in [6, 6.07) is 10.2.